The van der Waals surface area contributed by atoms with E-state index in [0.29, 0.717) is 25.4 Å². The average molecular weight is 350 g/mol. The van der Waals surface area contributed by atoms with Crippen LogP contribution in [0.25, 0.3) is 0 Å². The van der Waals surface area contributed by atoms with Crippen LogP contribution in [0.1, 0.15) is 5.56 Å². The van der Waals surface area contributed by atoms with Crippen molar-refractivity contribution >= 4 is 11.6 Å². The zero-order valence-corrected chi connectivity index (χ0v) is 14.7. The Hall–Kier alpha value is -1.75. The van der Waals surface area contributed by atoms with Crippen molar-refractivity contribution in [1.29, 1.82) is 0 Å². The first-order valence-electron chi connectivity index (χ1n) is 7.99. The van der Waals surface area contributed by atoms with Gasteiger partial charge in [0.1, 0.15) is 6.61 Å². The third kappa shape index (κ3) is 6.04. The van der Waals surface area contributed by atoms with Gasteiger partial charge in [0.05, 0.1) is 13.2 Å². The molecule has 0 saturated carbocycles. The lowest BCUT2D eigenvalue weighted by Crippen LogP contribution is -2.35. The van der Waals surface area contributed by atoms with E-state index in [1.165, 1.54) is 5.56 Å². The van der Waals surface area contributed by atoms with Crippen molar-refractivity contribution in [2.24, 2.45) is 0 Å². The minimum absolute atomic E-state index is 0.221. The van der Waals surface area contributed by atoms with Gasteiger partial charge in [-0.1, -0.05) is 42.5 Å². The number of nitrogens with zero attached hydrogens (tertiary/aromatic N) is 1. The maximum Gasteiger partial charge on any atom is 0.161 e. The van der Waals surface area contributed by atoms with Gasteiger partial charge in [-0.3, -0.25) is 4.90 Å². The summed E-state index contributed by atoms with van der Waals surface area (Å²) in [5, 5.41) is 9.87. The van der Waals surface area contributed by atoms with E-state index in [2.05, 4.69) is 17.0 Å². The first-order chi connectivity index (χ1) is 11.7. The van der Waals surface area contributed by atoms with Crippen LogP contribution in [0.2, 0.25) is 0 Å². The first kappa shape index (κ1) is 18.6. The Bertz CT molecular complexity index is 594. The van der Waals surface area contributed by atoms with Crippen molar-refractivity contribution < 1.29 is 14.6 Å². The predicted molar refractivity (Wildman–Crippen MR) is 96.9 cm³/mol. The number of aliphatic hydroxyl groups is 1. The number of halogens is 1. The van der Waals surface area contributed by atoms with Gasteiger partial charge in [-0.2, -0.15) is 0 Å². The van der Waals surface area contributed by atoms with E-state index in [4.69, 9.17) is 21.1 Å². The maximum atomic E-state index is 9.87. The second-order valence-corrected chi connectivity index (χ2v) is 5.84. The molecule has 0 aliphatic heterocycles. The Morgan fingerprint density at radius 1 is 1.04 bits per heavy atom. The average Bonchev–Trinajstić information content (AvgIpc) is 2.62. The molecule has 5 heteroatoms. The van der Waals surface area contributed by atoms with Crippen molar-refractivity contribution in [3.63, 3.8) is 0 Å². The maximum absolute atomic E-state index is 9.87. The van der Waals surface area contributed by atoms with Crippen molar-refractivity contribution in [3.05, 3.63) is 60.2 Å². The van der Waals surface area contributed by atoms with Crippen LogP contribution in [0.3, 0.4) is 0 Å². The summed E-state index contributed by atoms with van der Waals surface area (Å²) in [5.74, 6) is 1.66. The molecule has 0 saturated heterocycles. The highest BCUT2D eigenvalue weighted by Gasteiger charge is 2.12. The monoisotopic (exact) mass is 349 g/mol. The Morgan fingerprint density at radius 2 is 1.71 bits per heavy atom. The molecule has 1 atom stereocenters. The molecule has 1 N–H and O–H groups in total. The molecule has 2 rings (SSSR count). The van der Waals surface area contributed by atoms with Crippen LogP contribution in [0.4, 0.5) is 0 Å². The van der Waals surface area contributed by atoms with Crippen molar-refractivity contribution in [2.45, 2.75) is 12.6 Å². The Morgan fingerprint density at radius 3 is 2.38 bits per heavy atom. The lowest BCUT2D eigenvalue weighted by molar-refractivity contribution is 0.112. The van der Waals surface area contributed by atoms with Crippen molar-refractivity contribution in [1.82, 2.24) is 4.90 Å². The van der Waals surface area contributed by atoms with Gasteiger partial charge >= 0.3 is 0 Å². The van der Waals surface area contributed by atoms with Gasteiger partial charge in [0.15, 0.2) is 11.5 Å². The third-order valence-electron chi connectivity index (χ3n) is 3.63. The molecule has 0 amide bonds. The van der Waals surface area contributed by atoms with E-state index < -0.39 is 6.10 Å². The van der Waals surface area contributed by atoms with Crippen LogP contribution in [0.5, 0.6) is 11.5 Å². The van der Waals surface area contributed by atoms with Gasteiger partial charge in [-0.25, -0.2) is 0 Å². The molecule has 0 radical (unpaired) electrons. The number of ether oxygens (including phenoxy) is 2. The topological polar surface area (TPSA) is 41.9 Å². The van der Waals surface area contributed by atoms with Crippen LogP contribution < -0.4 is 9.47 Å². The lowest BCUT2D eigenvalue weighted by atomic mass is 10.2. The molecule has 0 aliphatic rings. The smallest absolute Gasteiger partial charge is 0.161 e. The standard InChI is InChI=1S/C19H24ClNO3/c1-23-18-9-5-6-10-19(18)24-12-11-21(15-17(22)13-20)14-16-7-3-2-4-8-16/h2-10,17,22H,11-15H2,1H3. The summed E-state index contributed by atoms with van der Waals surface area (Å²) in [6.07, 6.45) is -0.554. The van der Waals surface area contributed by atoms with Gasteiger partial charge in [0.25, 0.3) is 0 Å². The third-order valence-corrected chi connectivity index (χ3v) is 3.99. The zero-order valence-electron chi connectivity index (χ0n) is 13.9. The molecule has 0 aliphatic carbocycles. The summed E-state index contributed by atoms with van der Waals surface area (Å²) in [5.41, 5.74) is 1.19. The summed E-state index contributed by atoms with van der Waals surface area (Å²) in [6, 6.07) is 17.7. The summed E-state index contributed by atoms with van der Waals surface area (Å²) >= 11 is 5.74. The van der Waals surface area contributed by atoms with Crippen LogP contribution in [0.15, 0.2) is 54.6 Å². The molecular weight excluding hydrogens is 326 g/mol. The molecule has 130 valence electrons. The summed E-state index contributed by atoms with van der Waals surface area (Å²) in [7, 11) is 1.63. The highest BCUT2D eigenvalue weighted by Crippen LogP contribution is 2.25. The van der Waals surface area contributed by atoms with Crippen LogP contribution in [0, 0.1) is 0 Å². The molecule has 1 unspecified atom stereocenters. The molecule has 2 aromatic rings. The number of para-hydroxylation sites is 2. The minimum Gasteiger partial charge on any atom is -0.493 e. The highest BCUT2D eigenvalue weighted by atomic mass is 35.5. The van der Waals surface area contributed by atoms with Crippen LogP contribution in [-0.2, 0) is 6.54 Å². The second-order valence-electron chi connectivity index (χ2n) is 5.53. The number of hydrogen-bond donors (Lipinski definition) is 1. The van der Waals surface area contributed by atoms with E-state index in [0.717, 1.165) is 12.3 Å². The molecule has 0 fully saturated rings. The molecule has 24 heavy (non-hydrogen) atoms. The van der Waals surface area contributed by atoms with E-state index in [1.807, 2.05) is 42.5 Å². The number of methoxy groups -OCH3 is 1. The quantitative estimate of drug-likeness (QED) is 0.669. The number of rotatable bonds is 10. The van der Waals surface area contributed by atoms with E-state index in [-0.39, 0.29) is 5.88 Å². The molecule has 4 nitrogen and oxygen atoms in total. The van der Waals surface area contributed by atoms with E-state index in [9.17, 15) is 5.11 Å². The first-order valence-corrected chi connectivity index (χ1v) is 8.52. The van der Waals surface area contributed by atoms with Crippen LogP contribution in [-0.4, -0.2) is 48.8 Å². The Kier molecular flexibility index (Phi) is 7.89. The summed E-state index contributed by atoms with van der Waals surface area (Å²) < 4.78 is 11.1. The fraction of sp³-hybridized carbons (Fsp3) is 0.368. The lowest BCUT2D eigenvalue weighted by Gasteiger charge is -2.24. The number of hydrogen-bond acceptors (Lipinski definition) is 4. The molecular formula is C19H24ClNO3. The van der Waals surface area contributed by atoms with E-state index >= 15 is 0 Å². The van der Waals surface area contributed by atoms with Gasteiger partial charge in [-0.05, 0) is 17.7 Å². The number of benzene rings is 2. The molecule has 0 aromatic heterocycles. The Labute approximate surface area is 148 Å². The molecule has 0 heterocycles. The van der Waals surface area contributed by atoms with Gasteiger partial charge in [0.2, 0.25) is 0 Å². The van der Waals surface area contributed by atoms with Gasteiger partial charge < -0.3 is 14.6 Å². The van der Waals surface area contributed by atoms with Crippen LogP contribution >= 0.6 is 11.6 Å². The zero-order chi connectivity index (χ0) is 17.2. The molecule has 2 aromatic carbocycles. The normalized spacial score (nSPS) is 12.2. The fourth-order valence-electron chi connectivity index (χ4n) is 2.45. The molecule has 0 bridgehead atoms. The van der Waals surface area contributed by atoms with E-state index in [1.54, 1.807) is 7.11 Å². The van der Waals surface area contributed by atoms with Gasteiger partial charge in [-0.15, -0.1) is 11.6 Å². The predicted octanol–water partition coefficient (Wildman–Crippen LogP) is 3.18. The number of aliphatic hydroxyl groups excluding tert-OH is 1. The van der Waals surface area contributed by atoms with Crippen molar-refractivity contribution in [3.8, 4) is 11.5 Å². The summed E-state index contributed by atoms with van der Waals surface area (Å²) in [4.78, 5) is 2.14. The second kappa shape index (κ2) is 10.2. The number of alkyl halides is 1. The SMILES string of the molecule is COc1ccccc1OCCN(Cc1ccccc1)CC(O)CCl. The summed E-state index contributed by atoms with van der Waals surface area (Å²) in [6.45, 7) is 2.43. The highest BCUT2D eigenvalue weighted by molar-refractivity contribution is 6.18. The van der Waals surface area contributed by atoms with Gasteiger partial charge in [0, 0.05) is 25.5 Å². The van der Waals surface area contributed by atoms with Crippen molar-refractivity contribution in [2.75, 3.05) is 32.7 Å². The molecule has 0 spiro atoms. The fourth-order valence-corrected chi connectivity index (χ4v) is 2.54. The minimum atomic E-state index is -0.554. The Balaban J connectivity index is 1.92. The largest absolute Gasteiger partial charge is 0.493 e.